The van der Waals surface area contributed by atoms with E-state index >= 15 is 0 Å². The number of nitrogens with one attached hydrogen (secondary N) is 2. The van der Waals surface area contributed by atoms with Crippen molar-refractivity contribution in [2.45, 2.75) is 18.4 Å². The number of hydrogen-bond donors (Lipinski definition) is 3. The van der Waals surface area contributed by atoms with Gasteiger partial charge in [-0.3, -0.25) is 9.82 Å². The number of aromatic amines is 1. The van der Waals surface area contributed by atoms with Crippen LogP contribution in [-0.2, 0) is 16.6 Å². The minimum Gasteiger partial charge on any atom is -0.390 e. The molecule has 20 heavy (non-hydrogen) atoms. The lowest BCUT2D eigenvalue weighted by molar-refractivity contribution is 0.273. The average Bonchev–Trinajstić information content (AvgIpc) is 2.75. The first-order valence-electron chi connectivity index (χ1n) is 5.47. The molecule has 2 aromatic rings. The number of rotatable bonds is 4. The van der Waals surface area contributed by atoms with Crippen molar-refractivity contribution in [1.29, 1.82) is 0 Å². The first-order chi connectivity index (χ1) is 9.35. The molecule has 3 N–H and O–H groups in total. The van der Waals surface area contributed by atoms with Gasteiger partial charge in [-0.25, -0.2) is 8.42 Å². The van der Waals surface area contributed by atoms with Gasteiger partial charge < -0.3 is 5.11 Å². The number of nitrogens with zero attached hydrogens (tertiary/aromatic N) is 1. The Balaban J connectivity index is 2.46. The lowest BCUT2D eigenvalue weighted by Crippen LogP contribution is -2.15. The smallest absolute Gasteiger partial charge is 0.265 e. The number of H-pyrrole nitrogens is 1. The number of sulfonamides is 1. The predicted molar refractivity (Wildman–Crippen MR) is 81.9 cm³/mol. The van der Waals surface area contributed by atoms with Crippen molar-refractivity contribution in [2.24, 2.45) is 0 Å². The van der Waals surface area contributed by atoms with Crippen molar-refractivity contribution in [3.8, 4) is 0 Å². The molecule has 0 bridgehead atoms. The van der Waals surface area contributed by atoms with Gasteiger partial charge in [-0.1, -0.05) is 15.9 Å². The van der Waals surface area contributed by atoms with Crippen LogP contribution in [0.15, 0.2) is 32.0 Å². The van der Waals surface area contributed by atoms with E-state index < -0.39 is 16.6 Å². The third kappa shape index (κ3) is 3.05. The highest BCUT2D eigenvalue weighted by Gasteiger charge is 2.24. The third-order valence-electron chi connectivity index (χ3n) is 2.55. The SMILES string of the molecule is Cc1[nH]nc(CO)c1S(=O)(=O)Nc1cc(Br)ccc1Br. The zero-order valence-corrected chi connectivity index (χ0v) is 14.3. The summed E-state index contributed by atoms with van der Waals surface area (Å²) in [6, 6.07) is 5.14. The van der Waals surface area contributed by atoms with Crippen LogP contribution < -0.4 is 4.72 Å². The van der Waals surface area contributed by atoms with Gasteiger partial charge in [-0.2, -0.15) is 5.10 Å². The number of aliphatic hydroxyl groups is 1. The van der Waals surface area contributed by atoms with E-state index in [1.165, 1.54) is 0 Å². The zero-order chi connectivity index (χ0) is 14.9. The molecule has 108 valence electrons. The van der Waals surface area contributed by atoms with Gasteiger partial charge in [0, 0.05) is 8.95 Å². The fourth-order valence-electron chi connectivity index (χ4n) is 1.70. The van der Waals surface area contributed by atoms with Crippen molar-refractivity contribution in [1.82, 2.24) is 10.2 Å². The maximum absolute atomic E-state index is 12.4. The van der Waals surface area contributed by atoms with Crippen molar-refractivity contribution >= 4 is 47.6 Å². The maximum Gasteiger partial charge on any atom is 0.265 e. The van der Waals surface area contributed by atoms with Gasteiger partial charge in [0.25, 0.3) is 10.0 Å². The molecule has 6 nitrogen and oxygen atoms in total. The molecular weight excluding hydrogens is 414 g/mol. The highest BCUT2D eigenvalue weighted by atomic mass is 79.9. The van der Waals surface area contributed by atoms with E-state index in [4.69, 9.17) is 5.11 Å². The molecule has 0 radical (unpaired) electrons. The third-order valence-corrected chi connectivity index (χ3v) is 5.31. The van der Waals surface area contributed by atoms with Crippen molar-refractivity contribution < 1.29 is 13.5 Å². The fourth-order valence-corrected chi connectivity index (χ4v) is 3.97. The van der Waals surface area contributed by atoms with Gasteiger partial charge in [0.15, 0.2) is 0 Å². The second-order valence-electron chi connectivity index (χ2n) is 4.01. The van der Waals surface area contributed by atoms with Gasteiger partial charge in [0.1, 0.15) is 10.6 Å². The van der Waals surface area contributed by atoms with Gasteiger partial charge in [0.05, 0.1) is 18.0 Å². The van der Waals surface area contributed by atoms with E-state index in [0.717, 1.165) is 4.47 Å². The van der Waals surface area contributed by atoms with Crippen LogP contribution in [0.4, 0.5) is 5.69 Å². The molecule has 0 aliphatic rings. The minimum absolute atomic E-state index is 0.0353. The first kappa shape index (κ1) is 15.5. The molecule has 1 heterocycles. The molecule has 1 aromatic carbocycles. The Bertz CT molecular complexity index is 743. The second-order valence-corrected chi connectivity index (χ2v) is 7.40. The van der Waals surface area contributed by atoms with Crippen molar-refractivity contribution in [3.63, 3.8) is 0 Å². The molecule has 2 rings (SSSR count). The van der Waals surface area contributed by atoms with E-state index in [0.29, 0.717) is 15.9 Å². The van der Waals surface area contributed by atoms with Crippen LogP contribution >= 0.6 is 31.9 Å². The highest BCUT2D eigenvalue weighted by molar-refractivity contribution is 9.11. The number of hydrogen-bond acceptors (Lipinski definition) is 4. The quantitative estimate of drug-likeness (QED) is 0.702. The summed E-state index contributed by atoms with van der Waals surface area (Å²) in [5.74, 6) is 0. The number of halogens is 2. The van der Waals surface area contributed by atoms with Crippen LogP contribution in [0.2, 0.25) is 0 Å². The van der Waals surface area contributed by atoms with Crippen LogP contribution in [0, 0.1) is 6.92 Å². The Hall–Kier alpha value is -0.900. The Labute approximate surface area is 132 Å². The number of aliphatic hydroxyl groups excluding tert-OH is 1. The van der Waals surface area contributed by atoms with Gasteiger partial charge in [-0.15, -0.1) is 0 Å². The van der Waals surface area contributed by atoms with Crippen LogP contribution in [0.3, 0.4) is 0 Å². The van der Waals surface area contributed by atoms with Crippen molar-refractivity contribution in [2.75, 3.05) is 4.72 Å². The van der Waals surface area contributed by atoms with Gasteiger partial charge >= 0.3 is 0 Å². The Kier molecular flexibility index (Phi) is 4.52. The summed E-state index contributed by atoms with van der Waals surface area (Å²) in [5.41, 5.74) is 0.845. The average molecular weight is 425 g/mol. The minimum atomic E-state index is -3.84. The number of benzene rings is 1. The van der Waals surface area contributed by atoms with Gasteiger partial charge in [0.2, 0.25) is 0 Å². The van der Waals surface area contributed by atoms with Crippen LogP contribution in [0.25, 0.3) is 0 Å². The summed E-state index contributed by atoms with van der Waals surface area (Å²) in [6.07, 6.45) is 0. The largest absolute Gasteiger partial charge is 0.390 e. The van der Waals surface area contributed by atoms with E-state index in [-0.39, 0.29) is 10.6 Å². The molecule has 1 aromatic heterocycles. The molecular formula is C11H11Br2N3O3S. The predicted octanol–water partition coefficient (Wildman–Crippen LogP) is 2.54. The number of aromatic nitrogens is 2. The van der Waals surface area contributed by atoms with Crippen LogP contribution in [-0.4, -0.2) is 23.7 Å². The molecule has 9 heteroatoms. The Morgan fingerprint density at radius 1 is 1.40 bits per heavy atom. The molecule has 0 saturated carbocycles. The number of anilines is 1. The standard InChI is InChI=1S/C11H11Br2N3O3S/c1-6-11(10(5-17)15-14-6)20(18,19)16-9-4-7(12)2-3-8(9)13/h2-4,16-17H,5H2,1H3,(H,14,15). The van der Waals surface area contributed by atoms with Crippen LogP contribution in [0.1, 0.15) is 11.4 Å². The van der Waals surface area contributed by atoms with Gasteiger partial charge in [-0.05, 0) is 41.1 Å². The topological polar surface area (TPSA) is 95.1 Å². The molecule has 0 aliphatic heterocycles. The Morgan fingerprint density at radius 2 is 2.10 bits per heavy atom. The summed E-state index contributed by atoms with van der Waals surface area (Å²) < 4.78 is 28.6. The molecule has 0 amide bonds. The summed E-state index contributed by atoms with van der Waals surface area (Å²) in [6.45, 7) is 1.12. The molecule has 0 fully saturated rings. The summed E-state index contributed by atoms with van der Waals surface area (Å²) in [7, 11) is -3.84. The Morgan fingerprint density at radius 3 is 2.75 bits per heavy atom. The highest BCUT2D eigenvalue weighted by Crippen LogP contribution is 2.29. The lowest BCUT2D eigenvalue weighted by atomic mass is 10.3. The first-order valence-corrected chi connectivity index (χ1v) is 8.54. The molecule has 0 unspecified atom stereocenters. The van der Waals surface area contributed by atoms with E-state index in [1.54, 1.807) is 25.1 Å². The molecule has 0 spiro atoms. The molecule has 0 saturated heterocycles. The molecule has 0 atom stereocenters. The van der Waals surface area contributed by atoms with E-state index in [9.17, 15) is 8.42 Å². The normalized spacial score (nSPS) is 11.6. The van der Waals surface area contributed by atoms with E-state index in [1.807, 2.05) is 0 Å². The summed E-state index contributed by atoms with van der Waals surface area (Å²) >= 11 is 6.56. The summed E-state index contributed by atoms with van der Waals surface area (Å²) in [5, 5.41) is 15.5. The number of aryl methyl sites for hydroxylation is 1. The van der Waals surface area contributed by atoms with Crippen LogP contribution in [0.5, 0.6) is 0 Å². The fraction of sp³-hybridized carbons (Fsp3) is 0.182. The van der Waals surface area contributed by atoms with E-state index in [2.05, 4.69) is 46.8 Å². The zero-order valence-electron chi connectivity index (χ0n) is 10.3. The summed E-state index contributed by atoms with van der Waals surface area (Å²) in [4.78, 5) is -0.0353. The second kappa shape index (κ2) is 5.84. The monoisotopic (exact) mass is 423 g/mol. The molecule has 0 aliphatic carbocycles. The maximum atomic E-state index is 12.4. The van der Waals surface area contributed by atoms with Crippen molar-refractivity contribution in [3.05, 3.63) is 38.5 Å². The lowest BCUT2D eigenvalue weighted by Gasteiger charge is -2.10.